The molecule has 0 spiro atoms. The number of allylic oxidation sites excluding steroid dienone is 1. The molecular weight excluding hydrogens is 446 g/mol. The van der Waals surface area contributed by atoms with Crippen LogP contribution in [0, 0.1) is 0 Å². The van der Waals surface area contributed by atoms with Gasteiger partial charge in [-0.05, 0) is 44.5 Å². The molecule has 0 radical (unpaired) electrons. The zero-order chi connectivity index (χ0) is 23.8. The lowest BCUT2D eigenvalue weighted by Gasteiger charge is -2.34. The number of morpholine rings is 1. The second-order valence-corrected chi connectivity index (χ2v) is 8.61. The Morgan fingerprint density at radius 3 is 2.73 bits per heavy atom. The number of benzene rings is 1. The van der Waals surface area contributed by atoms with E-state index in [-0.39, 0.29) is 31.4 Å². The highest BCUT2D eigenvalue weighted by molar-refractivity contribution is 6.30. The molecule has 180 valence electrons. The highest BCUT2D eigenvalue weighted by Gasteiger charge is 2.37. The van der Waals surface area contributed by atoms with Gasteiger partial charge in [-0.2, -0.15) is 0 Å². The minimum atomic E-state index is -0.483. The van der Waals surface area contributed by atoms with E-state index in [0.29, 0.717) is 22.8 Å². The van der Waals surface area contributed by atoms with E-state index in [9.17, 15) is 14.4 Å². The average Bonchev–Trinajstić information content (AvgIpc) is 2.80. The Hall–Kier alpha value is -2.42. The summed E-state index contributed by atoms with van der Waals surface area (Å²) in [5.41, 5.74) is 1.60. The maximum Gasteiger partial charge on any atom is 0.336 e. The van der Waals surface area contributed by atoms with Crippen molar-refractivity contribution in [1.82, 2.24) is 15.1 Å². The maximum absolute atomic E-state index is 13.0. The SMILES string of the molecule is CCOC(=O)C1=C(C)N(CC(=O)NCCCN2CCOCC2)C(=O)CC1c1cccc(Cl)c1. The molecule has 2 aliphatic rings. The van der Waals surface area contributed by atoms with Gasteiger partial charge in [-0.3, -0.25) is 14.5 Å². The van der Waals surface area contributed by atoms with E-state index in [1.54, 1.807) is 32.0 Å². The molecule has 0 aliphatic carbocycles. The molecule has 1 aromatic carbocycles. The molecule has 2 aliphatic heterocycles. The molecule has 2 heterocycles. The fourth-order valence-corrected chi connectivity index (χ4v) is 4.44. The Morgan fingerprint density at radius 1 is 1.27 bits per heavy atom. The summed E-state index contributed by atoms with van der Waals surface area (Å²) < 4.78 is 10.6. The van der Waals surface area contributed by atoms with Crippen LogP contribution >= 0.6 is 11.6 Å². The van der Waals surface area contributed by atoms with Crippen molar-refractivity contribution >= 4 is 29.4 Å². The Labute approximate surface area is 199 Å². The van der Waals surface area contributed by atoms with Crippen LogP contribution < -0.4 is 5.32 Å². The molecule has 9 heteroatoms. The average molecular weight is 478 g/mol. The van der Waals surface area contributed by atoms with Crippen LogP contribution in [0.25, 0.3) is 0 Å². The minimum Gasteiger partial charge on any atom is -0.463 e. The molecule has 1 unspecified atom stereocenters. The smallest absolute Gasteiger partial charge is 0.336 e. The number of nitrogens with zero attached hydrogens (tertiary/aromatic N) is 2. The Bertz CT molecular complexity index is 898. The topological polar surface area (TPSA) is 88.2 Å². The molecule has 1 aromatic rings. The van der Waals surface area contributed by atoms with E-state index in [4.69, 9.17) is 21.1 Å². The van der Waals surface area contributed by atoms with Gasteiger partial charge in [0.05, 0.1) is 25.4 Å². The number of hydrogen-bond acceptors (Lipinski definition) is 6. The van der Waals surface area contributed by atoms with Crippen molar-refractivity contribution in [2.24, 2.45) is 0 Å². The molecular formula is C24H32ClN3O5. The summed E-state index contributed by atoms with van der Waals surface area (Å²) in [5.74, 6) is -1.42. The molecule has 1 N–H and O–H groups in total. The fourth-order valence-electron chi connectivity index (χ4n) is 4.24. The first-order valence-corrected chi connectivity index (χ1v) is 11.8. The van der Waals surface area contributed by atoms with Gasteiger partial charge in [0.25, 0.3) is 0 Å². The highest BCUT2D eigenvalue weighted by Crippen LogP contribution is 2.37. The van der Waals surface area contributed by atoms with Crippen LogP contribution in [-0.2, 0) is 23.9 Å². The van der Waals surface area contributed by atoms with E-state index >= 15 is 0 Å². The summed E-state index contributed by atoms with van der Waals surface area (Å²) in [5, 5.41) is 3.41. The van der Waals surface area contributed by atoms with E-state index in [2.05, 4.69) is 10.2 Å². The molecule has 1 saturated heterocycles. The number of ether oxygens (including phenoxy) is 2. The van der Waals surface area contributed by atoms with Gasteiger partial charge in [-0.25, -0.2) is 4.79 Å². The van der Waals surface area contributed by atoms with Gasteiger partial charge in [-0.1, -0.05) is 23.7 Å². The highest BCUT2D eigenvalue weighted by atomic mass is 35.5. The van der Waals surface area contributed by atoms with Crippen molar-refractivity contribution < 1.29 is 23.9 Å². The summed E-state index contributed by atoms with van der Waals surface area (Å²) in [6.45, 7) is 8.22. The molecule has 8 nitrogen and oxygen atoms in total. The van der Waals surface area contributed by atoms with E-state index in [1.165, 1.54) is 4.90 Å². The Morgan fingerprint density at radius 2 is 2.03 bits per heavy atom. The third-order valence-electron chi connectivity index (χ3n) is 5.95. The second kappa shape index (κ2) is 12.2. The van der Waals surface area contributed by atoms with Gasteiger partial charge in [0.1, 0.15) is 6.54 Å². The number of amides is 2. The van der Waals surface area contributed by atoms with Crippen molar-refractivity contribution in [2.75, 3.05) is 52.5 Å². The monoisotopic (exact) mass is 477 g/mol. The van der Waals surface area contributed by atoms with Gasteiger partial charge in [0.15, 0.2) is 0 Å². The van der Waals surface area contributed by atoms with Crippen molar-refractivity contribution in [3.63, 3.8) is 0 Å². The van der Waals surface area contributed by atoms with Crippen molar-refractivity contribution in [3.05, 3.63) is 46.1 Å². The number of carbonyl (C=O) groups excluding carboxylic acids is 3. The molecule has 0 aromatic heterocycles. The van der Waals surface area contributed by atoms with E-state index in [1.807, 2.05) is 6.07 Å². The molecule has 0 saturated carbocycles. The summed E-state index contributed by atoms with van der Waals surface area (Å²) in [6, 6.07) is 7.12. The van der Waals surface area contributed by atoms with Gasteiger partial charge >= 0.3 is 5.97 Å². The maximum atomic E-state index is 13.0. The second-order valence-electron chi connectivity index (χ2n) is 8.17. The summed E-state index contributed by atoms with van der Waals surface area (Å²) in [4.78, 5) is 42.0. The van der Waals surface area contributed by atoms with Crippen LogP contribution in [0.4, 0.5) is 0 Å². The summed E-state index contributed by atoms with van der Waals surface area (Å²) >= 11 is 6.14. The van der Waals surface area contributed by atoms with Crippen LogP contribution in [0.15, 0.2) is 35.5 Å². The van der Waals surface area contributed by atoms with Crippen LogP contribution in [0.5, 0.6) is 0 Å². The first-order valence-electron chi connectivity index (χ1n) is 11.4. The van der Waals surface area contributed by atoms with Gasteiger partial charge in [0, 0.05) is 42.7 Å². The first kappa shape index (κ1) is 25.2. The van der Waals surface area contributed by atoms with Crippen LogP contribution in [-0.4, -0.2) is 80.1 Å². The third-order valence-corrected chi connectivity index (χ3v) is 6.18. The van der Waals surface area contributed by atoms with Crippen LogP contribution in [0.3, 0.4) is 0 Å². The third kappa shape index (κ3) is 6.79. The fraction of sp³-hybridized carbons (Fsp3) is 0.542. The van der Waals surface area contributed by atoms with Gasteiger partial charge in [-0.15, -0.1) is 0 Å². The van der Waals surface area contributed by atoms with Crippen LogP contribution in [0.2, 0.25) is 5.02 Å². The van der Waals surface area contributed by atoms with E-state index < -0.39 is 11.9 Å². The van der Waals surface area contributed by atoms with Crippen molar-refractivity contribution in [3.8, 4) is 0 Å². The lowest BCUT2D eigenvalue weighted by molar-refractivity contribution is -0.141. The van der Waals surface area contributed by atoms with Gasteiger partial charge < -0.3 is 19.7 Å². The van der Waals surface area contributed by atoms with Crippen LogP contribution in [0.1, 0.15) is 38.2 Å². The molecule has 1 atom stereocenters. The van der Waals surface area contributed by atoms with Gasteiger partial charge in [0.2, 0.25) is 11.8 Å². The van der Waals surface area contributed by atoms with Crippen molar-refractivity contribution in [2.45, 2.75) is 32.6 Å². The largest absolute Gasteiger partial charge is 0.463 e. The molecule has 0 bridgehead atoms. The number of esters is 1. The molecule has 33 heavy (non-hydrogen) atoms. The molecule has 2 amide bonds. The lowest BCUT2D eigenvalue weighted by Crippen LogP contribution is -2.44. The van der Waals surface area contributed by atoms with Crippen molar-refractivity contribution in [1.29, 1.82) is 0 Å². The Kier molecular flexibility index (Phi) is 9.29. The standard InChI is InChI=1S/C24H32ClN3O5/c1-3-33-24(31)23-17(2)28(22(30)15-20(23)18-6-4-7-19(25)14-18)16-21(29)26-8-5-9-27-10-12-32-13-11-27/h4,6-7,14,20H,3,5,8-13,15-16H2,1-2H3,(H,26,29). The summed E-state index contributed by atoms with van der Waals surface area (Å²) in [6.07, 6.45) is 0.884. The van der Waals surface area contributed by atoms with E-state index in [0.717, 1.165) is 44.8 Å². The number of nitrogens with one attached hydrogen (secondary N) is 1. The zero-order valence-electron chi connectivity index (χ0n) is 19.3. The molecule has 3 rings (SSSR count). The predicted octanol–water partition coefficient (Wildman–Crippen LogP) is 2.33. The number of carbonyl (C=O) groups is 3. The normalized spacial score (nSPS) is 19.5. The predicted molar refractivity (Wildman–Crippen MR) is 125 cm³/mol. The summed E-state index contributed by atoms with van der Waals surface area (Å²) in [7, 11) is 0. The minimum absolute atomic E-state index is 0.0656. The lowest BCUT2D eigenvalue weighted by atomic mass is 9.83. The number of halogens is 1. The quantitative estimate of drug-likeness (QED) is 0.434. The zero-order valence-corrected chi connectivity index (χ0v) is 20.0. The Balaban J connectivity index is 1.67. The molecule has 1 fully saturated rings. The first-order chi connectivity index (χ1) is 15.9. The number of hydrogen-bond donors (Lipinski definition) is 1. The number of rotatable bonds is 9.